The molecule has 3 rings (SSSR count). The number of anilines is 1. The van der Waals surface area contributed by atoms with Crippen LogP contribution in [0.3, 0.4) is 0 Å². The largest absolute Gasteiger partial charge is 0.352 e. The van der Waals surface area contributed by atoms with Crippen LogP contribution in [-0.2, 0) is 16.4 Å². The summed E-state index contributed by atoms with van der Waals surface area (Å²) < 4.78 is 41.5. The standard InChI is InChI=1S/C24H25FN2O3S/c1-16-5-11-22(14-18(16)3)27-31(29,30)23-15-20(8-4-17(23)2)24(28)26-13-12-19-6-9-21(25)10-7-19/h4-11,14-15,27H,12-13H2,1-3H3,(H,26,28). The van der Waals surface area contributed by atoms with E-state index in [-0.39, 0.29) is 22.2 Å². The first kappa shape index (κ1) is 22.5. The van der Waals surface area contributed by atoms with Crippen molar-refractivity contribution in [2.75, 3.05) is 11.3 Å². The van der Waals surface area contributed by atoms with Crippen LogP contribution in [0.15, 0.2) is 65.6 Å². The third-order valence-corrected chi connectivity index (χ3v) is 6.63. The molecule has 0 fully saturated rings. The molecule has 0 aliphatic heterocycles. The van der Waals surface area contributed by atoms with E-state index in [0.717, 1.165) is 16.7 Å². The predicted octanol–water partition coefficient (Wildman–Crippen LogP) is 4.52. The quantitative estimate of drug-likeness (QED) is 0.567. The Hall–Kier alpha value is -3.19. The summed E-state index contributed by atoms with van der Waals surface area (Å²) in [6, 6.07) is 16.0. The van der Waals surface area contributed by atoms with Crippen molar-refractivity contribution in [3.63, 3.8) is 0 Å². The monoisotopic (exact) mass is 440 g/mol. The minimum atomic E-state index is -3.86. The van der Waals surface area contributed by atoms with Crippen molar-refractivity contribution in [2.24, 2.45) is 0 Å². The van der Waals surface area contributed by atoms with Crippen molar-refractivity contribution in [3.05, 3.63) is 94.3 Å². The molecule has 0 saturated heterocycles. The highest BCUT2D eigenvalue weighted by Crippen LogP contribution is 2.22. The van der Waals surface area contributed by atoms with Gasteiger partial charge in [-0.1, -0.05) is 24.3 Å². The minimum absolute atomic E-state index is 0.0527. The molecule has 0 bridgehead atoms. The van der Waals surface area contributed by atoms with Crippen molar-refractivity contribution >= 4 is 21.6 Å². The van der Waals surface area contributed by atoms with Gasteiger partial charge in [0.25, 0.3) is 15.9 Å². The number of hydrogen-bond donors (Lipinski definition) is 2. The fourth-order valence-electron chi connectivity index (χ4n) is 3.12. The Kier molecular flexibility index (Phi) is 6.75. The fourth-order valence-corrected chi connectivity index (χ4v) is 4.44. The second-order valence-electron chi connectivity index (χ2n) is 7.52. The fraction of sp³-hybridized carbons (Fsp3) is 0.208. The Bertz CT molecular complexity index is 1210. The SMILES string of the molecule is Cc1ccc(NS(=O)(=O)c2cc(C(=O)NCCc3ccc(F)cc3)ccc2C)cc1C. The molecule has 0 heterocycles. The molecule has 0 aliphatic carbocycles. The summed E-state index contributed by atoms with van der Waals surface area (Å²) in [5, 5.41) is 2.78. The Morgan fingerprint density at radius 2 is 1.55 bits per heavy atom. The van der Waals surface area contributed by atoms with Gasteiger partial charge in [-0.15, -0.1) is 0 Å². The molecule has 0 radical (unpaired) electrons. The molecular weight excluding hydrogens is 415 g/mol. The second-order valence-corrected chi connectivity index (χ2v) is 9.17. The van der Waals surface area contributed by atoms with Gasteiger partial charge in [-0.2, -0.15) is 0 Å². The van der Waals surface area contributed by atoms with Gasteiger partial charge in [-0.05, 0) is 85.8 Å². The summed E-state index contributed by atoms with van der Waals surface area (Å²) in [5.74, 6) is -0.680. The molecule has 162 valence electrons. The molecule has 0 aliphatic rings. The van der Waals surface area contributed by atoms with E-state index in [2.05, 4.69) is 10.0 Å². The lowest BCUT2D eigenvalue weighted by atomic mass is 10.1. The number of benzene rings is 3. The van der Waals surface area contributed by atoms with Crippen LogP contribution in [0.1, 0.15) is 32.6 Å². The van der Waals surface area contributed by atoms with Gasteiger partial charge in [0.2, 0.25) is 0 Å². The zero-order chi connectivity index (χ0) is 22.6. The normalized spacial score (nSPS) is 11.2. The number of aryl methyl sites for hydroxylation is 3. The van der Waals surface area contributed by atoms with E-state index in [1.54, 1.807) is 43.3 Å². The van der Waals surface area contributed by atoms with Crippen LogP contribution in [0.5, 0.6) is 0 Å². The molecule has 0 aromatic heterocycles. The number of sulfonamides is 1. The average molecular weight is 441 g/mol. The molecule has 1 amide bonds. The number of halogens is 1. The Balaban J connectivity index is 1.72. The van der Waals surface area contributed by atoms with E-state index in [9.17, 15) is 17.6 Å². The third-order valence-electron chi connectivity index (χ3n) is 5.11. The summed E-state index contributed by atoms with van der Waals surface area (Å²) in [4.78, 5) is 12.6. The Morgan fingerprint density at radius 1 is 0.871 bits per heavy atom. The summed E-state index contributed by atoms with van der Waals surface area (Å²) in [7, 11) is -3.86. The molecular formula is C24H25FN2O3S. The van der Waals surface area contributed by atoms with Crippen LogP contribution >= 0.6 is 0 Å². The molecule has 5 nitrogen and oxygen atoms in total. The van der Waals surface area contributed by atoms with Crippen LogP contribution in [-0.4, -0.2) is 20.9 Å². The maximum atomic E-state index is 13.0. The van der Waals surface area contributed by atoms with Crippen molar-refractivity contribution in [3.8, 4) is 0 Å². The number of carbonyl (C=O) groups excluding carboxylic acids is 1. The highest BCUT2D eigenvalue weighted by Gasteiger charge is 2.19. The lowest BCUT2D eigenvalue weighted by molar-refractivity contribution is 0.0954. The Labute approximate surface area is 182 Å². The average Bonchev–Trinajstić information content (AvgIpc) is 2.72. The molecule has 0 atom stereocenters. The van der Waals surface area contributed by atoms with Crippen molar-refractivity contribution in [2.45, 2.75) is 32.1 Å². The summed E-state index contributed by atoms with van der Waals surface area (Å²) in [6.45, 7) is 5.90. The summed E-state index contributed by atoms with van der Waals surface area (Å²) in [5.41, 5.74) is 4.21. The first-order valence-electron chi connectivity index (χ1n) is 9.89. The van der Waals surface area contributed by atoms with E-state index in [1.807, 2.05) is 19.9 Å². The molecule has 2 N–H and O–H groups in total. The van der Waals surface area contributed by atoms with E-state index in [0.29, 0.717) is 24.2 Å². The molecule has 0 saturated carbocycles. The topological polar surface area (TPSA) is 75.3 Å². The summed E-state index contributed by atoms with van der Waals surface area (Å²) in [6.07, 6.45) is 0.539. The highest BCUT2D eigenvalue weighted by molar-refractivity contribution is 7.92. The highest BCUT2D eigenvalue weighted by atomic mass is 32.2. The van der Waals surface area contributed by atoms with Gasteiger partial charge in [-0.25, -0.2) is 12.8 Å². The van der Waals surface area contributed by atoms with Crippen LogP contribution in [0.4, 0.5) is 10.1 Å². The zero-order valence-corrected chi connectivity index (χ0v) is 18.5. The second kappa shape index (κ2) is 9.31. The number of rotatable bonds is 7. The van der Waals surface area contributed by atoms with Gasteiger partial charge in [0.1, 0.15) is 5.82 Å². The van der Waals surface area contributed by atoms with E-state index in [1.165, 1.54) is 18.2 Å². The maximum absolute atomic E-state index is 13.0. The first-order chi connectivity index (χ1) is 14.7. The van der Waals surface area contributed by atoms with Crippen LogP contribution in [0.25, 0.3) is 0 Å². The smallest absolute Gasteiger partial charge is 0.262 e. The maximum Gasteiger partial charge on any atom is 0.262 e. The van der Waals surface area contributed by atoms with Gasteiger partial charge in [0.15, 0.2) is 0 Å². The van der Waals surface area contributed by atoms with Gasteiger partial charge in [0.05, 0.1) is 4.90 Å². The van der Waals surface area contributed by atoms with Crippen molar-refractivity contribution < 1.29 is 17.6 Å². The van der Waals surface area contributed by atoms with E-state index >= 15 is 0 Å². The Morgan fingerprint density at radius 3 is 2.23 bits per heavy atom. The van der Waals surface area contributed by atoms with Crippen LogP contribution < -0.4 is 10.0 Å². The number of hydrogen-bond acceptors (Lipinski definition) is 3. The molecule has 3 aromatic carbocycles. The van der Waals surface area contributed by atoms with Crippen molar-refractivity contribution in [1.82, 2.24) is 5.32 Å². The van der Waals surface area contributed by atoms with Gasteiger partial charge in [0, 0.05) is 17.8 Å². The van der Waals surface area contributed by atoms with Gasteiger partial charge >= 0.3 is 0 Å². The van der Waals surface area contributed by atoms with Gasteiger partial charge < -0.3 is 5.32 Å². The van der Waals surface area contributed by atoms with E-state index < -0.39 is 10.0 Å². The molecule has 3 aromatic rings. The van der Waals surface area contributed by atoms with E-state index in [4.69, 9.17) is 0 Å². The third kappa shape index (κ3) is 5.70. The summed E-state index contributed by atoms with van der Waals surface area (Å²) >= 11 is 0. The molecule has 0 unspecified atom stereocenters. The first-order valence-corrected chi connectivity index (χ1v) is 11.4. The van der Waals surface area contributed by atoms with Crippen molar-refractivity contribution in [1.29, 1.82) is 0 Å². The molecule has 31 heavy (non-hydrogen) atoms. The number of nitrogens with one attached hydrogen (secondary N) is 2. The van der Waals surface area contributed by atoms with Gasteiger partial charge in [-0.3, -0.25) is 9.52 Å². The lowest BCUT2D eigenvalue weighted by Gasteiger charge is -2.13. The molecule has 7 heteroatoms. The van der Waals surface area contributed by atoms with Crippen LogP contribution in [0, 0.1) is 26.6 Å². The lowest BCUT2D eigenvalue weighted by Crippen LogP contribution is -2.26. The number of carbonyl (C=O) groups is 1. The predicted molar refractivity (Wildman–Crippen MR) is 120 cm³/mol. The van der Waals surface area contributed by atoms with Crippen LogP contribution in [0.2, 0.25) is 0 Å². The minimum Gasteiger partial charge on any atom is -0.352 e. The zero-order valence-electron chi connectivity index (χ0n) is 17.7. The molecule has 0 spiro atoms. The number of amides is 1.